The van der Waals surface area contributed by atoms with E-state index in [1.807, 2.05) is 69.3 Å². The molecule has 10 nitrogen and oxygen atoms in total. The van der Waals surface area contributed by atoms with Gasteiger partial charge in [-0.15, -0.1) is 0 Å². The molecule has 286 valence electrons. The molecule has 0 saturated carbocycles. The maximum absolute atomic E-state index is 13.2. The molecule has 3 aromatic rings. The normalized spacial score (nSPS) is 22.0. The second kappa shape index (κ2) is 18.8. The Morgan fingerprint density at radius 1 is 0.887 bits per heavy atom. The van der Waals surface area contributed by atoms with Gasteiger partial charge in [-0.1, -0.05) is 80.1 Å². The highest BCUT2D eigenvalue weighted by Crippen LogP contribution is 2.42. The van der Waals surface area contributed by atoms with E-state index in [-0.39, 0.29) is 48.6 Å². The van der Waals surface area contributed by atoms with Crippen LogP contribution in [0.1, 0.15) is 108 Å². The van der Waals surface area contributed by atoms with Crippen molar-refractivity contribution in [1.82, 2.24) is 15.5 Å². The Bertz CT molecular complexity index is 1650. The lowest BCUT2D eigenvalue weighted by Crippen LogP contribution is -2.48. The van der Waals surface area contributed by atoms with Crippen molar-refractivity contribution in [3.05, 3.63) is 95.1 Å². The van der Waals surface area contributed by atoms with Gasteiger partial charge in [0.2, 0.25) is 11.8 Å². The zero-order chi connectivity index (χ0) is 38.0. The fourth-order valence-corrected chi connectivity index (χ4v) is 7.07. The van der Waals surface area contributed by atoms with Crippen LogP contribution in [-0.2, 0) is 41.7 Å². The van der Waals surface area contributed by atoms with Crippen LogP contribution in [0.4, 0.5) is 0 Å². The number of hydrogen-bond acceptors (Lipinski definition) is 8. The third-order valence-electron chi connectivity index (χ3n) is 9.97. The fourth-order valence-electron chi connectivity index (χ4n) is 7.07. The molecule has 5 unspecified atom stereocenters. The van der Waals surface area contributed by atoms with Crippen molar-refractivity contribution in [3.63, 3.8) is 0 Å². The van der Waals surface area contributed by atoms with Crippen LogP contribution in [0.2, 0.25) is 0 Å². The highest BCUT2D eigenvalue weighted by Gasteiger charge is 2.42. The van der Waals surface area contributed by atoms with Gasteiger partial charge in [0.05, 0.1) is 18.8 Å². The summed E-state index contributed by atoms with van der Waals surface area (Å²) in [6.45, 7) is 11.8. The Kier molecular flexibility index (Phi) is 14.2. The van der Waals surface area contributed by atoms with Crippen LogP contribution in [0.3, 0.4) is 0 Å². The summed E-state index contributed by atoms with van der Waals surface area (Å²) >= 11 is 0. The minimum Gasteiger partial charge on any atom is -0.459 e. The molecule has 2 fully saturated rings. The van der Waals surface area contributed by atoms with E-state index in [0.29, 0.717) is 26.1 Å². The van der Waals surface area contributed by atoms with E-state index < -0.39 is 11.9 Å². The third kappa shape index (κ3) is 11.7. The van der Waals surface area contributed by atoms with E-state index in [9.17, 15) is 19.5 Å². The summed E-state index contributed by atoms with van der Waals surface area (Å²) in [5.41, 5.74) is 5.30. The number of nitrogens with one attached hydrogen (secondary N) is 2. The van der Waals surface area contributed by atoms with E-state index in [4.69, 9.17) is 14.2 Å². The van der Waals surface area contributed by atoms with E-state index in [1.54, 1.807) is 0 Å². The average molecular weight is 728 g/mol. The number of carbonyl (C=O) groups excluding carboxylic acids is 3. The molecule has 53 heavy (non-hydrogen) atoms. The number of amides is 2. The molecule has 3 aromatic carbocycles. The van der Waals surface area contributed by atoms with Crippen LogP contribution < -0.4 is 10.6 Å². The van der Waals surface area contributed by atoms with Crippen molar-refractivity contribution in [3.8, 4) is 11.1 Å². The van der Waals surface area contributed by atoms with Gasteiger partial charge in [-0.2, -0.15) is 0 Å². The van der Waals surface area contributed by atoms with Gasteiger partial charge >= 0.3 is 5.97 Å². The van der Waals surface area contributed by atoms with Crippen LogP contribution in [0, 0.1) is 5.92 Å². The maximum Gasteiger partial charge on any atom is 0.323 e. The Morgan fingerprint density at radius 3 is 2.32 bits per heavy atom. The molecular weight excluding hydrogens is 670 g/mol. The molecule has 10 heteroatoms. The third-order valence-corrected chi connectivity index (χ3v) is 9.97. The Hall–Kier alpha value is -4.09. The molecular formula is C43H57N3O7. The molecule has 0 aromatic heterocycles. The maximum atomic E-state index is 13.2. The first-order valence-electron chi connectivity index (χ1n) is 19.1. The SMILES string of the molecule is CC(=O)NCCCCCC(=O)NCc1cccc(-c2ccc(C3OC(CN4CCCC4C(=O)OC(C)(C)C)C(C)C(c4ccc(CO)cc4)O3)cc2)c1. The topological polar surface area (TPSA) is 126 Å². The van der Waals surface area contributed by atoms with Crippen molar-refractivity contribution < 1.29 is 33.7 Å². The first-order chi connectivity index (χ1) is 25.4. The molecule has 2 aliphatic rings. The molecule has 0 aliphatic carbocycles. The van der Waals surface area contributed by atoms with Crippen molar-refractivity contribution in [2.75, 3.05) is 19.6 Å². The molecule has 2 aliphatic heterocycles. The lowest BCUT2D eigenvalue weighted by atomic mass is 9.89. The Labute approximate surface area is 314 Å². The first-order valence-corrected chi connectivity index (χ1v) is 19.1. The van der Waals surface area contributed by atoms with Gasteiger partial charge in [-0.05, 0) is 86.9 Å². The average Bonchev–Trinajstić information content (AvgIpc) is 3.61. The van der Waals surface area contributed by atoms with E-state index in [2.05, 4.69) is 46.7 Å². The minimum atomic E-state index is -0.623. The van der Waals surface area contributed by atoms with Gasteiger partial charge in [-0.3, -0.25) is 19.3 Å². The second-order valence-electron chi connectivity index (χ2n) is 15.4. The van der Waals surface area contributed by atoms with Crippen molar-refractivity contribution in [1.29, 1.82) is 0 Å². The molecule has 0 spiro atoms. The zero-order valence-corrected chi connectivity index (χ0v) is 31.9. The molecule has 2 amide bonds. The second-order valence-corrected chi connectivity index (χ2v) is 15.4. The number of benzene rings is 3. The number of esters is 1. The van der Waals surface area contributed by atoms with Gasteiger partial charge in [0.25, 0.3) is 0 Å². The van der Waals surface area contributed by atoms with Crippen molar-refractivity contribution >= 4 is 17.8 Å². The summed E-state index contributed by atoms with van der Waals surface area (Å²) in [4.78, 5) is 38.8. The lowest BCUT2D eigenvalue weighted by Gasteiger charge is -2.43. The number of unbranched alkanes of at least 4 members (excludes halogenated alkanes) is 2. The van der Waals surface area contributed by atoms with Crippen molar-refractivity contribution in [2.45, 2.75) is 116 Å². The number of aliphatic hydroxyl groups is 1. The summed E-state index contributed by atoms with van der Waals surface area (Å²) in [6.07, 6.45) is 3.59. The van der Waals surface area contributed by atoms with Crippen LogP contribution in [0.5, 0.6) is 0 Å². The summed E-state index contributed by atoms with van der Waals surface area (Å²) in [5, 5.41) is 15.4. The van der Waals surface area contributed by atoms with Gasteiger partial charge < -0.3 is 30.0 Å². The smallest absolute Gasteiger partial charge is 0.323 e. The number of likely N-dealkylation sites (tertiary alicyclic amines) is 1. The Balaban J connectivity index is 1.25. The number of aliphatic hydroxyl groups excluding tert-OH is 1. The zero-order valence-electron chi connectivity index (χ0n) is 31.9. The lowest BCUT2D eigenvalue weighted by molar-refractivity contribution is -0.276. The highest BCUT2D eigenvalue weighted by molar-refractivity contribution is 5.77. The van der Waals surface area contributed by atoms with Gasteiger partial charge in [0, 0.05) is 44.5 Å². The highest BCUT2D eigenvalue weighted by atomic mass is 16.7. The summed E-state index contributed by atoms with van der Waals surface area (Å²) in [7, 11) is 0. The molecule has 0 radical (unpaired) electrons. The standard InChI is InChI=1S/C43H57N3O7/c1-29-38(27-46-24-10-13-37(46)41(50)53-43(3,4)5)51-42(52-40(29)34-17-15-31(28-47)16-18-34)35-21-19-33(20-22-35)36-12-9-11-32(25-36)26-45-39(49)14-7-6-8-23-44-30(2)48/h9,11-12,15-22,25,29,37-38,40,42,47H,6-8,10,13-14,23-24,26-28H2,1-5H3,(H,44,48)(H,45,49). The van der Waals surface area contributed by atoms with Crippen LogP contribution in [0.15, 0.2) is 72.8 Å². The Morgan fingerprint density at radius 2 is 1.62 bits per heavy atom. The van der Waals surface area contributed by atoms with Crippen LogP contribution in [0.25, 0.3) is 11.1 Å². The number of carbonyl (C=O) groups is 3. The number of ether oxygens (including phenoxy) is 3. The van der Waals surface area contributed by atoms with Crippen molar-refractivity contribution in [2.24, 2.45) is 5.92 Å². The molecule has 2 saturated heterocycles. The summed E-state index contributed by atoms with van der Waals surface area (Å²) in [6, 6.07) is 24.0. The summed E-state index contributed by atoms with van der Waals surface area (Å²) in [5.74, 6) is -0.204. The summed E-state index contributed by atoms with van der Waals surface area (Å²) < 4.78 is 19.2. The van der Waals surface area contributed by atoms with Gasteiger partial charge in [0.15, 0.2) is 6.29 Å². The van der Waals surface area contributed by atoms with E-state index >= 15 is 0 Å². The number of nitrogens with zero attached hydrogens (tertiary/aromatic N) is 1. The number of hydrogen-bond donors (Lipinski definition) is 3. The molecule has 3 N–H and O–H groups in total. The van der Waals surface area contributed by atoms with E-state index in [0.717, 1.165) is 72.0 Å². The fraction of sp³-hybridized carbons (Fsp3) is 0.512. The predicted octanol–water partition coefficient (Wildman–Crippen LogP) is 6.76. The molecule has 5 atom stereocenters. The van der Waals surface area contributed by atoms with Crippen LogP contribution >= 0.6 is 0 Å². The predicted molar refractivity (Wildman–Crippen MR) is 204 cm³/mol. The number of rotatable bonds is 15. The van der Waals surface area contributed by atoms with Gasteiger partial charge in [-0.25, -0.2) is 0 Å². The quantitative estimate of drug-likeness (QED) is 0.116. The monoisotopic (exact) mass is 727 g/mol. The minimum absolute atomic E-state index is 0.0105. The van der Waals surface area contributed by atoms with E-state index in [1.165, 1.54) is 6.92 Å². The van der Waals surface area contributed by atoms with Crippen LogP contribution in [-0.4, -0.2) is 65.2 Å². The molecule has 0 bridgehead atoms. The molecule has 2 heterocycles. The first kappa shape index (κ1) is 40.1. The van der Waals surface area contributed by atoms with Gasteiger partial charge in [0.1, 0.15) is 11.6 Å². The molecule has 5 rings (SSSR count). The largest absolute Gasteiger partial charge is 0.459 e.